The zero-order valence-electron chi connectivity index (χ0n) is 16.3. The third-order valence-electron chi connectivity index (χ3n) is 5.19. The van der Waals surface area contributed by atoms with Crippen molar-refractivity contribution in [1.82, 2.24) is 0 Å². The average molecular weight is 531 g/mol. The number of amides is 1. The Morgan fingerprint density at radius 2 is 1.75 bits per heavy atom. The number of benzene rings is 2. The molecule has 1 amide bonds. The first-order valence-electron chi connectivity index (χ1n) is 9.26. The van der Waals surface area contributed by atoms with E-state index >= 15 is 0 Å². The molecule has 0 bridgehead atoms. The maximum Gasteiger partial charge on any atom is 0.389 e. The largest absolute Gasteiger partial charge is 0.389 e. The van der Waals surface area contributed by atoms with Gasteiger partial charge in [0.2, 0.25) is 5.91 Å². The molecule has 1 N–H and O–H groups in total. The van der Waals surface area contributed by atoms with Crippen molar-refractivity contribution in [2.45, 2.75) is 36.2 Å². The molecule has 0 saturated heterocycles. The molecule has 2 aromatic carbocycles. The highest BCUT2D eigenvalue weighted by Crippen LogP contribution is 2.65. The standard InChI is InChI=1S/C21H15Cl4F4NO2/c1-9-12(16(31)4-5-20(27,28)29)7-11(8-13(9)22)30-19(32)18-17(21(18,24)25)10-2-3-15(26)14(23)6-10/h2-3,6-8,17-18H,4-5H2,1H3,(H,30,32). The summed E-state index contributed by atoms with van der Waals surface area (Å²) >= 11 is 24.4. The van der Waals surface area contributed by atoms with Crippen molar-refractivity contribution in [2.24, 2.45) is 5.92 Å². The fourth-order valence-electron chi connectivity index (χ4n) is 3.42. The monoisotopic (exact) mass is 529 g/mol. The summed E-state index contributed by atoms with van der Waals surface area (Å²) in [6, 6.07) is 6.50. The molecule has 1 saturated carbocycles. The summed E-state index contributed by atoms with van der Waals surface area (Å²) in [7, 11) is 0. The van der Waals surface area contributed by atoms with Crippen molar-refractivity contribution in [3.8, 4) is 0 Å². The molecular formula is C21H15Cl4F4NO2. The van der Waals surface area contributed by atoms with Crippen molar-refractivity contribution < 1.29 is 27.2 Å². The number of anilines is 1. The van der Waals surface area contributed by atoms with Crippen molar-refractivity contribution in [2.75, 3.05) is 5.32 Å². The van der Waals surface area contributed by atoms with Crippen molar-refractivity contribution in [3.63, 3.8) is 0 Å². The lowest BCUT2D eigenvalue weighted by atomic mass is 10.00. The Labute approximate surface area is 201 Å². The van der Waals surface area contributed by atoms with Gasteiger partial charge in [-0.1, -0.05) is 29.3 Å². The minimum Gasteiger partial charge on any atom is -0.326 e. The van der Waals surface area contributed by atoms with Crippen LogP contribution in [0.25, 0.3) is 0 Å². The highest BCUT2D eigenvalue weighted by Gasteiger charge is 2.67. The van der Waals surface area contributed by atoms with Crippen LogP contribution >= 0.6 is 46.4 Å². The van der Waals surface area contributed by atoms with Crippen LogP contribution in [0, 0.1) is 18.7 Å². The highest BCUT2D eigenvalue weighted by molar-refractivity contribution is 6.53. The van der Waals surface area contributed by atoms with Crippen LogP contribution in [0.3, 0.4) is 0 Å². The van der Waals surface area contributed by atoms with E-state index in [9.17, 15) is 27.2 Å². The molecule has 3 rings (SSSR count). The molecule has 3 nitrogen and oxygen atoms in total. The van der Waals surface area contributed by atoms with Crippen molar-refractivity contribution in [3.05, 3.63) is 62.9 Å². The molecule has 1 fully saturated rings. The minimum atomic E-state index is -4.48. The Morgan fingerprint density at radius 3 is 2.34 bits per heavy atom. The van der Waals surface area contributed by atoms with E-state index < -0.39 is 52.7 Å². The van der Waals surface area contributed by atoms with Gasteiger partial charge in [0, 0.05) is 28.6 Å². The fourth-order valence-corrected chi connectivity index (χ4v) is 4.66. The van der Waals surface area contributed by atoms with Crippen molar-refractivity contribution in [1.29, 1.82) is 0 Å². The molecule has 0 aromatic heterocycles. The van der Waals surface area contributed by atoms with E-state index in [1.807, 2.05) is 0 Å². The van der Waals surface area contributed by atoms with E-state index in [1.165, 1.54) is 31.2 Å². The van der Waals surface area contributed by atoms with Crippen LogP contribution in [0.5, 0.6) is 0 Å². The Kier molecular flexibility index (Phi) is 7.06. The maximum atomic E-state index is 13.4. The average Bonchev–Trinajstić information content (AvgIpc) is 3.26. The lowest BCUT2D eigenvalue weighted by molar-refractivity contribution is -0.133. The van der Waals surface area contributed by atoms with Gasteiger partial charge in [0.15, 0.2) is 5.78 Å². The second-order valence-electron chi connectivity index (χ2n) is 7.46. The Balaban J connectivity index is 1.79. The summed E-state index contributed by atoms with van der Waals surface area (Å²) in [4.78, 5) is 25.1. The lowest BCUT2D eigenvalue weighted by Gasteiger charge is -2.12. The summed E-state index contributed by atoms with van der Waals surface area (Å²) in [6.07, 6.45) is -6.50. The van der Waals surface area contributed by atoms with E-state index in [4.69, 9.17) is 46.4 Å². The van der Waals surface area contributed by atoms with E-state index in [0.29, 0.717) is 11.1 Å². The Morgan fingerprint density at radius 1 is 1.09 bits per heavy atom. The van der Waals surface area contributed by atoms with Gasteiger partial charge in [-0.2, -0.15) is 13.2 Å². The summed E-state index contributed by atoms with van der Waals surface area (Å²) in [5, 5.41) is 2.50. The first-order valence-corrected chi connectivity index (χ1v) is 10.8. The van der Waals surface area contributed by atoms with E-state index in [-0.39, 0.29) is 21.3 Å². The van der Waals surface area contributed by atoms with Crippen molar-refractivity contribution >= 4 is 63.8 Å². The second kappa shape index (κ2) is 9.01. The van der Waals surface area contributed by atoms with Crippen LogP contribution < -0.4 is 5.32 Å². The zero-order chi connectivity index (χ0) is 24.0. The van der Waals surface area contributed by atoms with Gasteiger partial charge >= 0.3 is 6.18 Å². The summed E-state index contributed by atoms with van der Waals surface area (Å²) in [5.41, 5.74) is 0.836. The lowest BCUT2D eigenvalue weighted by Crippen LogP contribution is -2.18. The van der Waals surface area contributed by atoms with Crippen LogP contribution in [0.4, 0.5) is 23.2 Å². The molecule has 11 heteroatoms. The predicted octanol–water partition coefficient (Wildman–Crippen LogP) is 7.49. The second-order valence-corrected chi connectivity index (χ2v) is 9.72. The first kappa shape index (κ1) is 25.1. The smallest absolute Gasteiger partial charge is 0.326 e. The number of rotatable bonds is 6. The number of carbonyl (C=O) groups is 2. The molecule has 32 heavy (non-hydrogen) atoms. The molecule has 2 atom stereocenters. The molecule has 1 aliphatic carbocycles. The molecule has 172 valence electrons. The molecule has 1 aliphatic rings. The fraction of sp³-hybridized carbons (Fsp3) is 0.333. The number of nitrogens with one attached hydrogen (secondary N) is 1. The van der Waals surface area contributed by atoms with Gasteiger partial charge in [-0.15, -0.1) is 23.2 Å². The summed E-state index contributed by atoms with van der Waals surface area (Å²) < 4.78 is 49.3. The number of carbonyl (C=O) groups excluding carboxylic acids is 2. The summed E-state index contributed by atoms with van der Waals surface area (Å²) in [5.74, 6) is -3.58. The summed E-state index contributed by atoms with van der Waals surface area (Å²) in [6.45, 7) is 1.49. The SMILES string of the molecule is Cc1c(Cl)cc(NC(=O)C2C(c3ccc(F)c(Cl)c3)C2(Cl)Cl)cc1C(=O)CCC(F)(F)F. The maximum absolute atomic E-state index is 13.4. The number of Topliss-reactive ketones (excluding diaryl/α,β-unsaturated/α-hetero) is 1. The predicted molar refractivity (Wildman–Crippen MR) is 117 cm³/mol. The quantitative estimate of drug-likeness (QED) is 0.239. The molecule has 0 radical (unpaired) electrons. The van der Waals surface area contributed by atoms with Crippen LogP contribution in [-0.2, 0) is 4.79 Å². The van der Waals surface area contributed by atoms with E-state index in [2.05, 4.69) is 5.32 Å². The molecule has 2 aromatic rings. The van der Waals surface area contributed by atoms with Crippen LogP contribution in [0.1, 0.15) is 40.2 Å². The Hall–Kier alpha value is -1.54. The molecule has 0 aliphatic heterocycles. The minimum absolute atomic E-state index is 0.0299. The number of halogens is 8. The van der Waals surface area contributed by atoms with Gasteiger partial charge in [-0.25, -0.2) is 4.39 Å². The zero-order valence-corrected chi connectivity index (χ0v) is 19.3. The van der Waals surface area contributed by atoms with Gasteiger partial charge in [-0.05, 0) is 42.3 Å². The number of ketones is 1. The topological polar surface area (TPSA) is 46.2 Å². The van der Waals surface area contributed by atoms with E-state index in [1.54, 1.807) is 0 Å². The van der Waals surface area contributed by atoms with Gasteiger partial charge in [0.05, 0.1) is 17.4 Å². The van der Waals surface area contributed by atoms with Gasteiger partial charge in [-0.3, -0.25) is 9.59 Å². The van der Waals surface area contributed by atoms with Crippen LogP contribution in [0.2, 0.25) is 10.0 Å². The van der Waals surface area contributed by atoms with Gasteiger partial charge in [0.25, 0.3) is 0 Å². The van der Waals surface area contributed by atoms with Crippen LogP contribution in [0.15, 0.2) is 30.3 Å². The third kappa shape index (κ3) is 5.33. The van der Waals surface area contributed by atoms with Gasteiger partial charge < -0.3 is 5.32 Å². The molecular weight excluding hydrogens is 516 g/mol. The first-order chi connectivity index (χ1) is 14.7. The Bertz CT molecular complexity index is 1090. The molecule has 2 unspecified atom stereocenters. The van der Waals surface area contributed by atoms with Crippen LogP contribution in [-0.4, -0.2) is 22.2 Å². The molecule has 0 spiro atoms. The van der Waals surface area contributed by atoms with Gasteiger partial charge in [0.1, 0.15) is 10.2 Å². The molecule has 0 heterocycles. The normalized spacial score (nSPS) is 19.5. The number of alkyl halides is 5. The third-order valence-corrected chi connectivity index (χ3v) is 6.81. The highest BCUT2D eigenvalue weighted by atomic mass is 35.5. The number of hydrogen-bond acceptors (Lipinski definition) is 2. The van der Waals surface area contributed by atoms with E-state index in [0.717, 1.165) is 6.07 Å². The number of hydrogen-bond donors (Lipinski definition) is 1.